The van der Waals surface area contributed by atoms with E-state index < -0.39 is 0 Å². The van der Waals surface area contributed by atoms with Gasteiger partial charge >= 0.3 is 0 Å². The molecule has 0 saturated carbocycles. The van der Waals surface area contributed by atoms with E-state index in [1.165, 1.54) is 4.90 Å². The van der Waals surface area contributed by atoms with Crippen LogP contribution in [0, 0.1) is 0 Å². The van der Waals surface area contributed by atoms with Crippen molar-refractivity contribution in [3.8, 4) is 5.75 Å². The van der Waals surface area contributed by atoms with Crippen molar-refractivity contribution in [1.29, 1.82) is 0 Å². The zero-order valence-electron chi connectivity index (χ0n) is 15.6. The molecule has 1 aromatic heterocycles. The zero-order valence-corrected chi connectivity index (χ0v) is 15.6. The number of hydrogen-bond donors (Lipinski definition) is 3. The Kier molecular flexibility index (Phi) is 5.18. The number of nitrogens with one attached hydrogen (secondary N) is 2. The molecule has 1 aromatic carbocycles. The van der Waals surface area contributed by atoms with Crippen LogP contribution in [0.1, 0.15) is 26.5 Å². The van der Waals surface area contributed by atoms with Crippen molar-refractivity contribution in [2.75, 3.05) is 42.9 Å². The molecule has 1 fully saturated rings. The zero-order chi connectivity index (χ0) is 18.7. The predicted molar refractivity (Wildman–Crippen MR) is 99.7 cm³/mol. The van der Waals surface area contributed by atoms with E-state index in [4.69, 9.17) is 4.52 Å². The number of aromatic hydroxyl groups is 1. The van der Waals surface area contributed by atoms with Gasteiger partial charge in [-0.3, -0.25) is 10.1 Å². The molecule has 0 atom stereocenters. The van der Waals surface area contributed by atoms with Gasteiger partial charge in [-0.2, -0.15) is 0 Å². The summed E-state index contributed by atoms with van der Waals surface area (Å²) in [6.45, 7) is 9.81. The monoisotopic (exact) mass is 359 g/mol. The summed E-state index contributed by atoms with van der Waals surface area (Å²) < 4.78 is 5.21. The smallest absolute Gasteiger partial charge is 0.281 e. The van der Waals surface area contributed by atoms with E-state index in [9.17, 15) is 9.90 Å². The van der Waals surface area contributed by atoms with Crippen LogP contribution < -0.4 is 15.1 Å². The van der Waals surface area contributed by atoms with Gasteiger partial charge in [-0.05, 0) is 12.1 Å². The summed E-state index contributed by atoms with van der Waals surface area (Å²) in [6.07, 6.45) is 0. The van der Waals surface area contributed by atoms with Crippen LogP contribution >= 0.6 is 0 Å². The highest BCUT2D eigenvalue weighted by molar-refractivity contribution is 5.90. The van der Waals surface area contributed by atoms with E-state index in [-0.39, 0.29) is 11.3 Å². The van der Waals surface area contributed by atoms with Crippen molar-refractivity contribution in [1.82, 2.24) is 5.16 Å². The normalized spacial score (nSPS) is 15.9. The van der Waals surface area contributed by atoms with Gasteiger partial charge in [-0.15, -0.1) is 0 Å². The molecule has 0 radical (unpaired) electrons. The van der Waals surface area contributed by atoms with Crippen LogP contribution in [0.25, 0.3) is 0 Å². The molecular formula is C19H27N4O3+. The second-order valence-electron chi connectivity index (χ2n) is 7.78. The Labute approximate surface area is 153 Å². The van der Waals surface area contributed by atoms with Gasteiger partial charge in [0.05, 0.1) is 37.6 Å². The third-order valence-corrected chi connectivity index (χ3v) is 4.64. The van der Waals surface area contributed by atoms with Crippen LogP contribution in [0.5, 0.6) is 5.75 Å². The molecular weight excluding hydrogens is 332 g/mol. The number of amides is 1. The molecule has 0 aliphatic carbocycles. The minimum Gasteiger partial charge on any atom is -0.506 e. The van der Waals surface area contributed by atoms with E-state index in [0.717, 1.165) is 37.6 Å². The molecule has 1 amide bonds. The van der Waals surface area contributed by atoms with Crippen molar-refractivity contribution in [3.05, 3.63) is 36.0 Å². The number of quaternary nitrogens is 1. The molecule has 26 heavy (non-hydrogen) atoms. The van der Waals surface area contributed by atoms with Crippen molar-refractivity contribution in [2.45, 2.75) is 26.2 Å². The van der Waals surface area contributed by atoms with E-state index in [2.05, 4.69) is 15.4 Å². The first-order valence-electron chi connectivity index (χ1n) is 8.96. The fraction of sp³-hybridized carbons (Fsp3) is 0.474. The third kappa shape index (κ3) is 4.35. The van der Waals surface area contributed by atoms with Crippen LogP contribution in [0.15, 0.2) is 34.9 Å². The lowest BCUT2D eigenvalue weighted by Gasteiger charge is -2.33. The van der Waals surface area contributed by atoms with Crippen LogP contribution in [-0.2, 0) is 10.2 Å². The summed E-state index contributed by atoms with van der Waals surface area (Å²) in [4.78, 5) is 15.6. The molecule has 1 aliphatic rings. The number of anilines is 2. The van der Waals surface area contributed by atoms with Gasteiger partial charge in [0.2, 0.25) is 5.88 Å². The van der Waals surface area contributed by atoms with Crippen molar-refractivity contribution in [2.24, 2.45) is 0 Å². The Morgan fingerprint density at radius 3 is 2.62 bits per heavy atom. The number of benzene rings is 1. The van der Waals surface area contributed by atoms with E-state index >= 15 is 0 Å². The molecule has 140 valence electrons. The quantitative estimate of drug-likeness (QED) is 0.759. The van der Waals surface area contributed by atoms with Crippen LogP contribution in [0.2, 0.25) is 0 Å². The number of hydrogen-bond acceptors (Lipinski definition) is 5. The lowest BCUT2D eigenvalue weighted by molar-refractivity contribution is -0.892. The van der Waals surface area contributed by atoms with Gasteiger partial charge in [0.15, 0.2) is 6.54 Å². The molecule has 7 heteroatoms. The van der Waals surface area contributed by atoms with Crippen LogP contribution in [0.3, 0.4) is 0 Å². The number of phenols is 1. The van der Waals surface area contributed by atoms with Crippen molar-refractivity contribution < 1.29 is 19.3 Å². The Morgan fingerprint density at radius 2 is 2.00 bits per heavy atom. The summed E-state index contributed by atoms with van der Waals surface area (Å²) in [6, 6.07) is 9.14. The number of nitrogens with zero attached hydrogens (tertiary/aromatic N) is 2. The highest BCUT2D eigenvalue weighted by Crippen LogP contribution is 2.26. The van der Waals surface area contributed by atoms with Gasteiger partial charge in [0.1, 0.15) is 5.75 Å². The topological polar surface area (TPSA) is 83.0 Å². The first kappa shape index (κ1) is 18.3. The number of carbonyl (C=O) groups is 1. The Hall–Kier alpha value is -2.54. The summed E-state index contributed by atoms with van der Waals surface area (Å²) in [5, 5.41) is 16.8. The number of carbonyl (C=O) groups excluding carboxylic acids is 1. The molecule has 2 heterocycles. The third-order valence-electron chi connectivity index (χ3n) is 4.64. The number of para-hydroxylation sites is 2. The maximum atomic E-state index is 12.3. The SMILES string of the molecule is CC(C)(C)c1cc(NC(=O)C[NH+]2CCN(c3ccccc3O)CC2)on1. The highest BCUT2D eigenvalue weighted by atomic mass is 16.5. The average Bonchev–Trinajstić information content (AvgIpc) is 3.05. The molecule has 1 aliphatic heterocycles. The second-order valence-corrected chi connectivity index (χ2v) is 7.78. The minimum absolute atomic E-state index is 0.0763. The van der Waals surface area contributed by atoms with Gasteiger partial charge in [-0.25, -0.2) is 0 Å². The molecule has 1 saturated heterocycles. The first-order chi connectivity index (χ1) is 12.3. The van der Waals surface area contributed by atoms with Gasteiger partial charge < -0.3 is 19.4 Å². The fourth-order valence-corrected chi connectivity index (χ4v) is 3.07. The summed E-state index contributed by atoms with van der Waals surface area (Å²) in [5.41, 5.74) is 1.56. The first-order valence-corrected chi connectivity index (χ1v) is 8.96. The standard InChI is InChI=1S/C19H26N4O3/c1-19(2,3)16-12-18(26-21-16)20-17(25)13-22-8-10-23(11-9-22)14-6-4-5-7-15(14)24/h4-7,12,24H,8-11,13H2,1-3H3,(H,20,25)/p+1. The molecule has 0 spiro atoms. The summed E-state index contributed by atoms with van der Waals surface area (Å²) in [7, 11) is 0. The molecule has 3 rings (SSSR count). The van der Waals surface area contributed by atoms with Gasteiger partial charge in [-0.1, -0.05) is 38.1 Å². The Bertz CT molecular complexity index is 758. The molecule has 2 aromatic rings. The maximum absolute atomic E-state index is 12.3. The Balaban J connectivity index is 1.49. The van der Waals surface area contributed by atoms with Crippen molar-refractivity contribution >= 4 is 17.5 Å². The van der Waals surface area contributed by atoms with E-state index in [0.29, 0.717) is 18.2 Å². The fourth-order valence-electron chi connectivity index (χ4n) is 3.07. The van der Waals surface area contributed by atoms with Crippen LogP contribution in [-0.4, -0.2) is 48.9 Å². The predicted octanol–water partition coefficient (Wildman–Crippen LogP) is 1.02. The largest absolute Gasteiger partial charge is 0.506 e. The highest BCUT2D eigenvalue weighted by Gasteiger charge is 2.25. The van der Waals surface area contributed by atoms with Gasteiger partial charge in [0.25, 0.3) is 5.91 Å². The van der Waals surface area contributed by atoms with E-state index in [1.807, 2.05) is 39.0 Å². The van der Waals surface area contributed by atoms with E-state index in [1.54, 1.807) is 12.1 Å². The Morgan fingerprint density at radius 1 is 1.31 bits per heavy atom. The molecule has 3 N–H and O–H groups in total. The summed E-state index contributed by atoms with van der Waals surface area (Å²) in [5.74, 6) is 0.619. The molecule has 0 bridgehead atoms. The summed E-state index contributed by atoms with van der Waals surface area (Å²) >= 11 is 0. The number of rotatable bonds is 4. The minimum atomic E-state index is -0.114. The van der Waals surface area contributed by atoms with Gasteiger partial charge in [0, 0.05) is 11.5 Å². The maximum Gasteiger partial charge on any atom is 0.281 e. The number of phenolic OH excluding ortho intramolecular Hbond substituents is 1. The lowest BCUT2D eigenvalue weighted by atomic mass is 9.92. The molecule has 0 unspecified atom stereocenters. The molecule has 7 nitrogen and oxygen atoms in total. The lowest BCUT2D eigenvalue weighted by Crippen LogP contribution is -3.15. The van der Waals surface area contributed by atoms with Crippen LogP contribution in [0.4, 0.5) is 11.6 Å². The number of aromatic nitrogens is 1. The average molecular weight is 359 g/mol. The number of piperazine rings is 1. The second kappa shape index (κ2) is 7.37. The van der Waals surface area contributed by atoms with Crippen molar-refractivity contribution in [3.63, 3.8) is 0 Å².